The summed E-state index contributed by atoms with van der Waals surface area (Å²) in [5.41, 5.74) is 1.11. The highest BCUT2D eigenvalue weighted by atomic mass is 32.2. The number of ether oxygens (including phenoxy) is 2. The zero-order chi connectivity index (χ0) is 18.3. The van der Waals surface area contributed by atoms with E-state index in [1.165, 1.54) is 0 Å². The number of nitrogens with zero attached hydrogens (tertiary/aromatic N) is 2. The van der Waals surface area contributed by atoms with E-state index >= 15 is 0 Å². The molecule has 1 aromatic rings. The van der Waals surface area contributed by atoms with E-state index in [9.17, 15) is 9.59 Å². The van der Waals surface area contributed by atoms with Gasteiger partial charge in [-0.15, -0.1) is 11.8 Å². The fourth-order valence-electron chi connectivity index (χ4n) is 3.78. The molecule has 6 nitrogen and oxygen atoms in total. The first-order chi connectivity index (χ1) is 12.5. The number of carbonyl (C=O) groups is 2. The Bertz CT molecular complexity index is 692. The van der Waals surface area contributed by atoms with Crippen molar-refractivity contribution >= 4 is 23.6 Å². The van der Waals surface area contributed by atoms with Crippen LogP contribution in [0.25, 0.3) is 0 Å². The molecular formula is C19H24N2O4S. The molecule has 0 saturated carbocycles. The van der Waals surface area contributed by atoms with Crippen LogP contribution in [0.3, 0.4) is 0 Å². The molecule has 0 aliphatic carbocycles. The van der Waals surface area contributed by atoms with E-state index in [1.807, 2.05) is 40.9 Å². The van der Waals surface area contributed by atoms with Crippen molar-refractivity contribution in [2.24, 2.45) is 0 Å². The quantitative estimate of drug-likeness (QED) is 0.790. The van der Waals surface area contributed by atoms with Gasteiger partial charge in [0.25, 0.3) is 5.91 Å². The standard InChI is InChI=1S/C19H24N2O4S/c1-20(2)17(22)9-24-14-8-19(26-10-14)11-21(12-19)18(23)16-7-13-5-3-4-6-15(13)25-16/h3-6,14,16H,7-12H2,1-2H3/t14-,16+/m1/s1. The molecule has 0 aromatic heterocycles. The largest absolute Gasteiger partial charge is 0.480 e. The second-order valence-electron chi connectivity index (χ2n) is 7.53. The van der Waals surface area contributed by atoms with Crippen molar-refractivity contribution in [2.45, 2.75) is 29.8 Å². The lowest BCUT2D eigenvalue weighted by Crippen LogP contribution is -2.63. The molecule has 4 rings (SSSR count). The number of hydrogen-bond donors (Lipinski definition) is 0. The maximum atomic E-state index is 12.7. The van der Waals surface area contributed by atoms with Gasteiger partial charge in [-0.2, -0.15) is 0 Å². The summed E-state index contributed by atoms with van der Waals surface area (Å²) in [6, 6.07) is 7.85. The number of likely N-dealkylation sites (tertiary alicyclic amines) is 1. The summed E-state index contributed by atoms with van der Waals surface area (Å²) in [6.07, 6.45) is 1.26. The van der Waals surface area contributed by atoms with Crippen LogP contribution in [-0.2, 0) is 20.7 Å². The number of amides is 2. The summed E-state index contributed by atoms with van der Waals surface area (Å²) >= 11 is 1.87. The van der Waals surface area contributed by atoms with Crippen LogP contribution < -0.4 is 4.74 Å². The number of likely N-dealkylation sites (N-methyl/N-ethyl adjacent to an activating group) is 1. The van der Waals surface area contributed by atoms with Crippen LogP contribution >= 0.6 is 11.8 Å². The van der Waals surface area contributed by atoms with Gasteiger partial charge < -0.3 is 19.3 Å². The highest BCUT2D eigenvalue weighted by molar-refractivity contribution is 8.01. The smallest absolute Gasteiger partial charge is 0.264 e. The summed E-state index contributed by atoms with van der Waals surface area (Å²) in [5.74, 6) is 1.78. The summed E-state index contributed by atoms with van der Waals surface area (Å²) in [7, 11) is 3.46. The topological polar surface area (TPSA) is 59.1 Å². The molecule has 7 heteroatoms. The first-order valence-corrected chi connectivity index (χ1v) is 9.93. The second-order valence-corrected chi connectivity index (χ2v) is 9.02. The van der Waals surface area contributed by atoms with Gasteiger partial charge in [-0.1, -0.05) is 18.2 Å². The third-order valence-corrected chi connectivity index (χ3v) is 6.88. The van der Waals surface area contributed by atoms with E-state index in [4.69, 9.17) is 9.47 Å². The Morgan fingerprint density at radius 2 is 2.12 bits per heavy atom. The average Bonchev–Trinajstić information content (AvgIpc) is 3.21. The number of thioether (sulfide) groups is 1. The van der Waals surface area contributed by atoms with E-state index in [0.29, 0.717) is 6.42 Å². The van der Waals surface area contributed by atoms with Crippen molar-refractivity contribution < 1.29 is 19.1 Å². The lowest BCUT2D eigenvalue weighted by molar-refractivity contribution is -0.143. The normalized spacial score (nSPS) is 25.5. The third kappa shape index (κ3) is 3.30. The van der Waals surface area contributed by atoms with Crippen LogP contribution in [0.5, 0.6) is 5.75 Å². The van der Waals surface area contributed by atoms with E-state index < -0.39 is 0 Å². The molecule has 0 N–H and O–H groups in total. The predicted octanol–water partition coefficient (Wildman–Crippen LogP) is 1.18. The predicted molar refractivity (Wildman–Crippen MR) is 99.4 cm³/mol. The molecule has 26 heavy (non-hydrogen) atoms. The van der Waals surface area contributed by atoms with Crippen molar-refractivity contribution in [3.05, 3.63) is 29.8 Å². The van der Waals surface area contributed by atoms with Gasteiger partial charge in [0, 0.05) is 39.4 Å². The van der Waals surface area contributed by atoms with Crippen LogP contribution in [0, 0.1) is 0 Å². The molecule has 3 heterocycles. The molecule has 1 spiro atoms. The van der Waals surface area contributed by atoms with Crippen LogP contribution in [0.15, 0.2) is 24.3 Å². The van der Waals surface area contributed by atoms with Crippen LogP contribution in [0.1, 0.15) is 12.0 Å². The van der Waals surface area contributed by atoms with Crippen LogP contribution in [0.4, 0.5) is 0 Å². The van der Waals surface area contributed by atoms with Crippen LogP contribution in [0.2, 0.25) is 0 Å². The summed E-state index contributed by atoms with van der Waals surface area (Å²) in [6.45, 7) is 1.62. The highest BCUT2D eigenvalue weighted by Crippen LogP contribution is 2.46. The zero-order valence-corrected chi connectivity index (χ0v) is 16.0. The van der Waals surface area contributed by atoms with Crippen molar-refractivity contribution in [3.63, 3.8) is 0 Å². The highest BCUT2D eigenvalue weighted by Gasteiger charge is 2.52. The average molecular weight is 376 g/mol. The maximum absolute atomic E-state index is 12.7. The Balaban J connectivity index is 1.25. The fourth-order valence-corrected chi connectivity index (χ4v) is 5.33. The minimum absolute atomic E-state index is 0.0145. The molecule has 3 aliphatic heterocycles. The van der Waals surface area contributed by atoms with Crippen molar-refractivity contribution in [3.8, 4) is 5.75 Å². The Hall–Kier alpha value is -1.73. The van der Waals surface area contributed by atoms with E-state index in [1.54, 1.807) is 19.0 Å². The molecule has 2 atom stereocenters. The van der Waals surface area contributed by atoms with Crippen molar-refractivity contribution in [2.75, 3.05) is 39.5 Å². The Morgan fingerprint density at radius 1 is 1.35 bits per heavy atom. The number of fused-ring (bicyclic) bond motifs is 1. The molecule has 140 valence electrons. The van der Waals surface area contributed by atoms with Gasteiger partial charge in [-0.3, -0.25) is 9.59 Å². The van der Waals surface area contributed by atoms with Gasteiger partial charge in [0.2, 0.25) is 5.91 Å². The number of para-hydroxylation sites is 1. The summed E-state index contributed by atoms with van der Waals surface area (Å²) < 4.78 is 11.7. The Kier molecular flexibility index (Phi) is 4.61. The number of benzene rings is 1. The Morgan fingerprint density at radius 3 is 2.85 bits per heavy atom. The fraction of sp³-hybridized carbons (Fsp3) is 0.579. The van der Waals surface area contributed by atoms with E-state index in [2.05, 4.69) is 0 Å². The molecule has 2 saturated heterocycles. The minimum atomic E-state index is -0.388. The minimum Gasteiger partial charge on any atom is -0.480 e. The maximum Gasteiger partial charge on any atom is 0.264 e. The molecule has 2 fully saturated rings. The molecule has 2 amide bonds. The Labute approximate surface area is 157 Å². The van der Waals surface area contributed by atoms with Gasteiger partial charge in [0.05, 0.1) is 10.9 Å². The van der Waals surface area contributed by atoms with Crippen molar-refractivity contribution in [1.29, 1.82) is 0 Å². The molecule has 1 aromatic carbocycles. The number of hydrogen-bond acceptors (Lipinski definition) is 5. The SMILES string of the molecule is CN(C)C(=O)CO[C@H]1CSC2(C1)CN(C(=O)[C@@H]1Cc3ccccc3O1)C2. The summed E-state index contributed by atoms with van der Waals surface area (Å²) in [5, 5.41) is 0. The zero-order valence-electron chi connectivity index (χ0n) is 15.1. The molecule has 3 aliphatic rings. The lowest BCUT2D eigenvalue weighted by Gasteiger charge is -2.48. The lowest BCUT2D eigenvalue weighted by atomic mass is 9.92. The van der Waals surface area contributed by atoms with E-state index in [-0.39, 0.29) is 35.4 Å². The third-order valence-electron chi connectivity index (χ3n) is 5.31. The summed E-state index contributed by atoms with van der Waals surface area (Å²) in [4.78, 5) is 27.8. The van der Waals surface area contributed by atoms with Crippen molar-refractivity contribution in [1.82, 2.24) is 9.80 Å². The van der Waals surface area contributed by atoms with E-state index in [0.717, 1.165) is 36.6 Å². The first-order valence-electron chi connectivity index (χ1n) is 8.95. The van der Waals surface area contributed by atoms with Gasteiger partial charge >= 0.3 is 0 Å². The molecule has 0 unspecified atom stereocenters. The second kappa shape index (κ2) is 6.78. The molecular weight excluding hydrogens is 352 g/mol. The van der Waals surface area contributed by atoms with Gasteiger partial charge in [0.15, 0.2) is 6.10 Å². The van der Waals surface area contributed by atoms with Gasteiger partial charge in [-0.25, -0.2) is 0 Å². The monoisotopic (exact) mass is 376 g/mol. The first kappa shape index (κ1) is 17.7. The molecule has 0 bridgehead atoms. The van der Waals surface area contributed by atoms with Gasteiger partial charge in [-0.05, 0) is 18.1 Å². The number of carbonyl (C=O) groups excluding carboxylic acids is 2. The number of rotatable bonds is 4. The molecule has 0 radical (unpaired) electrons. The van der Waals surface area contributed by atoms with Crippen LogP contribution in [-0.4, -0.2) is 78.1 Å². The van der Waals surface area contributed by atoms with Gasteiger partial charge in [0.1, 0.15) is 12.4 Å².